The number of carbonyl (C=O) groups is 6. The van der Waals surface area contributed by atoms with E-state index >= 15 is 0 Å². The molecule has 2 aromatic rings. The summed E-state index contributed by atoms with van der Waals surface area (Å²) in [6, 6.07) is 2.43. The number of H-pyrrole nitrogens is 1. The van der Waals surface area contributed by atoms with Crippen molar-refractivity contribution in [1.29, 1.82) is 0 Å². The second kappa shape index (κ2) is 12.1. The van der Waals surface area contributed by atoms with E-state index in [1.165, 1.54) is 0 Å². The van der Waals surface area contributed by atoms with Crippen molar-refractivity contribution in [1.82, 2.24) is 20.9 Å². The van der Waals surface area contributed by atoms with E-state index in [0.29, 0.717) is 5.56 Å². The minimum atomic E-state index is -1.71. The van der Waals surface area contributed by atoms with E-state index in [4.69, 9.17) is 11.5 Å². The number of rotatable bonds is 13. The topological polar surface area (TPSA) is 247 Å². The molecule has 35 heavy (non-hydrogen) atoms. The number of carbonyl (C=O) groups excluding carboxylic acids is 4. The summed E-state index contributed by atoms with van der Waals surface area (Å²) in [5.41, 5.74) is 11.6. The van der Waals surface area contributed by atoms with Crippen LogP contribution in [0.3, 0.4) is 0 Å². The minimum absolute atomic E-state index is 0.129. The predicted octanol–water partition coefficient (Wildman–Crippen LogP) is -2.44. The van der Waals surface area contributed by atoms with Gasteiger partial charge in [-0.2, -0.15) is 0 Å². The van der Waals surface area contributed by atoms with Crippen LogP contribution < -0.4 is 27.4 Å². The third-order valence-electron chi connectivity index (χ3n) is 4.97. The SMILES string of the molecule is NCC(=O)NC(CC(N)=O)C(=O)NC(CC(=O)O)C(=O)NC(Cc1c[nH]c2ccccc12)C(=O)O. The maximum absolute atomic E-state index is 12.8. The highest BCUT2D eigenvalue weighted by Crippen LogP contribution is 2.19. The fourth-order valence-corrected chi connectivity index (χ4v) is 3.31. The molecule has 0 bridgehead atoms. The molecule has 2 rings (SSSR count). The van der Waals surface area contributed by atoms with Gasteiger partial charge in [0.1, 0.15) is 18.1 Å². The van der Waals surface area contributed by atoms with Crippen LogP contribution in [0.2, 0.25) is 0 Å². The van der Waals surface area contributed by atoms with Crippen LogP contribution in [0, 0.1) is 0 Å². The number of nitrogens with one attached hydrogen (secondary N) is 4. The number of amides is 4. The van der Waals surface area contributed by atoms with Crippen molar-refractivity contribution in [3.05, 3.63) is 36.0 Å². The van der Waals surface area contributed by atoms with Crippen LogP contribution in [0.25, 0.3) is 10.9 Å². The zero-order chi connectivity index (χ0) is 26.1. The molecular weight excluding hydrogens is 464 g/mol. The lowest BCUT2D eigenvalue weighted by Crippen LogP contribution is -2.57. The van der Waals surface area contributed by atoms with E-state index < -0.39 is 73.1 Å². The number of carboxylic acid groups (broad SMARTS) is 2. The standard InChI is InChI=1S/C21H26N6O8/c22-8-17(29)25-13(6-16(23)28)19(32)26-14(7-18(30)31)20(33)27-15(21(34)35)5-10-9-24-12-4-2-1-3-11(10)12/h1-4,9,13-15,24H,5-8,22H2,(H2,23,28)(H,25,29)(H,26,32)(H,27,33)(H,30,31)(H,34,35). The summed E-state index contributed by atoms with van der Waals surface area (Å²) in [7, 11) is 0. The van der Waals surface area contributed by atoms with E-state index in [-0.39, 0.29) is 6.42 Å². The lowest BCUT2D eigenvalue weighted by molar-refractivity contribution is -0.143. The maximum Gasteiger partial charge on any atom is 0.326 e. The molecule has 0 saturated carbocycles. The maximum atomic E-state index is 12.8. The number of para-hydroxylation sites is 1. The summed E-state index contributed by atoms with van der Waals surface area (Å²) < 4.78 is 0. The van der Waals surface area contributed by atoms with Gasteiger partial charge in [0.2, 0.25) is 23.6 Å². The van der Waals surface area contributed by atoms with Crippen LogP contribution in [0.1, 0.15) is 18.4 Å². The van der Waals surface area contributed by atoms with Gasteiger partial charge in [-0.3, -0.25) is 24.0 Å². The Hall–Kier alpha value is -4.46. The molecule has 1 aromatic heterocycles. The van der Waals surface area contributed by atoms with Crippen molar-refractivity contribution >= 4 is 46.5 Å². The molecule has 3 unspecified atom stereocenters. The molecule has 4 amide bonds. The lowest BCUT2D eigenvalue weighted by Gasteiger charge is -2.23. The van der Waals surface area contributed by atoms with Crippen LogP contribution in [-0.4, -0.2) is 75.4 Å². The Morgan fingerprint density at radius 3 is 2.06 bits per heavy atom. The smallest absolute Gasteiger partial charge is 0.326 e. The largest absolute Gasteiger partial charge is 0.481 e. The third-order valence-corrected chi connectivity index (χ3v) is 4.97. The number of nitrogens with two attached hydrogens (primary N) is 2. The molecule has 3 atom stereocenters. The van der Waals surface area contributed by atoms with Gasteiger partial charge in [0.15, 0.2) is 0 Å². The van der Waals surface area contributed by atoms with E-state index in [1.807, 2.05) is 0 Å². The molecule has 1 heterocycles. The third kappa shape index (κ3) is 7.82. The van der Waals surface area contributed by atoms with Gasteiger partial charge < -0.3 is 42.6 Å². The van der Waals surface area contributed by atoms with Crippen molar-refractivity contribution in [2.75, 3.05) is 6.54 Å². The fourth-order valence-electron chi connectivity index (χ4n) is 3.31. The highest BCUT2D eigenvalue weighted by molar-refractivity contribution is 5.97. The molecule has 14 nitrogen and oxygen atoms in total. The average Bonchev–Trinajstić information content (AvgIpc) is 3.19. The number of fused-ring (bicyclic) bond motifs is 1. The van der Waals surface area contributed by atoms with Crippen LogP contribution in [0.4, 0.5) is 0 Å². The highest BCUT2D eigenvalue weighted by Gasteiger charge is 2.31. The quantitative estimate of drug-likeness (QED) is 0.148. The van der Waals surface area contributed by atoms with Crippen molar-refractivity contribution in [2.24, 2.45) is 11.5 Å². The van der Waals surface area contributed by atoms with Gasteiger partial charge in [0.05, 0.1) is 19.4 Å². The van der Waals surface area contributed by atoms with Crippen LogP contribution in [-0.2, 0) is 35.2 Å². The number of aliphatic carboxylic acids is 2. The summed E-state index contributed by atoms with van der Waals surface area (Å²) >= 11 is 0. The zero-order valence-electron chi connectivity index (χ0n) is 18.4. The monoisotopic (exact) mass is 490 g/mol. The molecule has 0 aliphatic carbocycles. The Morgan fingerprint density at radius 1 is 0.886 bits per heavy atom. The molecule has 1 aromatic carbocycles. The summed E-state index contributed by atoms with van der Waals surface area (Å²) in [4.78, 5) is 74.3. The molecule has 0 fully saturated rings. The van der Waals surface area contributed by atoms with Gasteiger partial charge in [-0.25, -0.2) is 4.79 Å². The summed E-state index contributed by atoms with van der Waals surface area (Å²) in [6.07, 6.45) is -0.0735. The summed E-state index contributed by atoms with van der Waals surface area (Å²) in [6.45, 7) is -0.504. The van der Waals surface area contributed by atoms with Crippen LogP contribution in [0.5, 0.6) is 0 Å². The Kier molecular flexibility index (Phi) is 9.28. The summed E-state index contributed by atoms with van der Waals surface area (Å²) in [5.74, 6) is -6.76. The second-order valence-electron chi connectivity index (χ2n) is 7.62. The number of hydrogen-bond donors (Lipinski definition) is 8. The average molecular weight is 490 g/mol. The lowest BCUT2D eigenvalue weighted by atomic mass is 10.0. The molecule has 188 valence electrons. The molecule has 0 saturated heterocycles. The molecule has 0 aliphatic rings. The Balaban J connectivity index is 2.19. The first-order chi connectivity index (χ1) is 16.5. The number of primary amides is 1. The molecule has 0 spiro atoms. The van der Waals surface area contributed by atoms with Crippen molar-refractivity contribution in [2.45, 2.75) is 37.4 Å². The van der Waals surface area contributed by atoms with Gasteiger partial charge in [0, 0.05) is 23.5 Å². The second-order valence-corrected chi connectivity index (χ2v) is 7.62. The number of benzene rings is 1. The fraction of sp³-hybridized carbons (Fsp3) is 0.333. The Bertz CT molecular complexity index is 1130. The summed E-state index contributed by atoms with van der Waals surface area (Å²) in [5, 5.41) is 26.0. The molecular formula is C21H26N6O8. The highest BCUT2D eigenvalue weighted by atomic mass is 16.4. The van der Waals surface area contributed by atoms with Gasteiger partial charge in [0.25, 0.3) is 0 Å². The van der Waals surface area contributed by atoms with Crippen molar-refractivity contribution in [3.63, 3.8) is 0 Å². The van der Waals surface area contributed by atoms with Crippen LogP contribution >= 0.6 is 0 Å². The minimum Gasteiger partial charge on any atom is -0.481 e. The van der Waals surface area contributed by atoms with Gasteiger partial charge in [-0.15, -0.1) is 0 Å². The Labute approximate surface area is 198 Å². The number of aromatic nitrogens is 1. The Morgan fingerprint density at radius 2 is 1.49 bits per heavy atom. The van der Waals surface area contributed by atoms with Gasteiger partial charge in [-0.05, 0) is 11.6 Å². The zero-order valence-corrected chi connectivity index (χ0v) is 18.4. The van der Waals surface area contributed by atoms with Crippen molar-refractivity contribution in [3.8, 4) is 0 Å². The number of hydrogen-bond acceptors (Lipinski definition) is 7. The number of aromatic amines is 1. The normalized spacial score (nSPS) is 13.3. The molecule has 0 radical (unpaired) electrons. The van der Waals surface area contributed by atoms with Crippen molar-refractivity contribution < 1.29 is 39.0 Å². The molecule has 10 N–H and O–H groups in total. The molecule has 0 aliphatic heterocycles. The van der Waals surface area contributed by atoms with Gasteiger partial charge in [-0.1, -0.05) is 18.2 Å². The van der Waals surface area contributed by atoms with E-state index in [2.05, 4.69) is 20.9 Å². The van der Waals surface area contributed by atoms with E-state index in [9.17, 15) is 39.0 Å². The first-order valence-electron chi connectivity index (χ1n) is 10.4. The first kappa shape index (κ1) is 26.8. The van der Waals surface area contributed by atoms with Crippen LogP contribution in [0.15, 0.2) is 30.5 Å². The van der Waals surface area contributed by atoms with Gasteiger partial charge >= 0.3 is 11.9 Å². The number of carboxylic acids is 2. The van der Waals surface area contributed by atoms with E-state index in [0.717, 1.165) is 10.9 Å². The predicted molar refractivity (Wildman–Crippen MR) is 121 cm³/mol. The molecule has 14 heteroatoms. The van der Waals surface area contributed by atoms with E-state index in [1.54, 1.807) is 30.5 Å². The first-order valence-corrected chi connectivity index (χ1v) is 10.4.